The fourth-order valence-electron chi connectivity index (χ4n) is 2.32. The maximum absolute atomic E-state index is 12.1. The topological polar surface area (TPSA) is 93.7 Å². The van der Waals surface area contributed by atoms with Crippen molar-refractivity contribution in [2.24, 2.45) is 5.92 Å². The lowest BCUT2D eigenvalue weighted by Crippen LogP contribution is -2.27. The van der Waals surface area contributed by atoms with Crippen LogP contribution in [-0.2, 0) is 14.3 Å². The summed E-state index contributed by atoms with van der Waals surface area (Å²) in [4.78, 5) is 35.1. The highest BCUT2D eigenvalue weighted by Gasteiger charge is 2.16. The number of hydrogen-bond acceptors (Lipinski definition) is 5. The molecule has 1 aromatic carbocycles. The minimum absolute atomic E-state index is 0.129. The van der Waals surface area contributed by atoms with Crippen molar-refractivity contribution in [3.8, 4) is 0 Å². The summed E-state index contributed by atoms with van der Waals surface area (Å²) in [6.45, 7) is 7.73. The predicted octanol–water partition coefficient (Wildman–Crippen LogP) is 3.74. The van der Waals surface area contributed by atoms with E-state index in [0.29, 0.717) is 17.8 Å². The first-order valence-electron chi connectivity index (χ1n) is 9.08. The van der Waals surface area contributed by atoms with Crippen molar-refractivity contribution in [2.75, 3.05) is 19.0 Å². The Morgan fingerprint density at radius 3 is 2.26 bits per heavy atom. The van der Waals surface area contributed by atoms with Crippen molar-refractivity contribution in [3.63, 3.8) is 0 Å². The van der Waals surface area contributed by atoms with Crippen LogP contribution in [0.15, 0.2) is 24.3 Å². The summed E-state index contributed by atoms with van der Waals surface area (Å²) >= 11 is 0. The zero-order valence-corrected chi connectivity index (χ0v) is 16.8. The number of rotatable bonds is 8. The third-order valence-corrected chi connectivity index (χ3v) is 3.75. The van der Waals surface area contributed by atoms with Crippen LogP contribution in [0.25, 0.3) is 0 Å². The van der Waals surface area contributed by atoms with Gasteiger partial charge in [0.25, 0.3) is 5.91 Å². The fourth-order valence-corrected chi connectivity index (χ4v) is 2.32. The van der Waals surface area contributed by atoms with Gasteiger partial charge in [-0.05, 0) is 57.9 Å². The fraction of sp³-hybridized carbons (Fsp3) is 0.550. The van der Waals surface area contributed by atoms with E-state index in [1.54, 1.807) is 45.0 Å². The first kappa shape index (κ1) is 22.5. The first-order chi connectivity index (χ1) is 12.6. The molecule has 0 saturated carbocycles. The van der Waals surface area contributed by atoms with Gasteiger partial charge in [-0.2, -0.15) is 0 Å². The summed E-state index contributed by atoms with van der Waals surface area (Å²) in [5, 5.41) is 5.46. The molecule has 150 valence electrons. The summed E-state index contributed by atoms with van der Waals surface area (Å²) in [5.74, 6) is -0.519. The number of benzene rings is 1. The molecule has 0 saturated heterocycles. The van der Waals surface area contributed by atoms with Crippen LogP contribution in [-0.4, -0.2) is 37.2 Å². The molecule has 0 aliphatic heterocycles. The van der Waals surface area contributed by atoms with Gasteiger partial charge in [-0.1, -0.05) is 13.3 Å². The van der Waals surface area contributed by atoms with Crippen LogP contribution in [0.2, 0.25) is 0 Å². The highest BCUT2D eigenvalue weighted by atomic mass is 16.6. The second-order valence-corrected chi connectivity index (χ2v) is 7.38. The number of methoxy groups -OCH3 is 1. The van der Waals surface area contributed by atoms with Crippen molar-refractivity contribution in [3.05, 3.63) is 29.8 Å². The molecule has 0 aliphatic rings. The Morgan fingerprint density at radius 1 is 1.07 bits per heavy atom. The maximum atomic E-state index is 12.1. The second-order valence-electron chi connectivity index (χ2n) is 7.38. The van der Waals surface area contributed by atoms with E-state index in [1.165, 1.54) is 7.11 Å². The molecule has 0 fully saturated rings. The minimum atomic E-state index is -0.571. The Morgan fingerprint density at radius 2 is 1.70 bits per heavy atom. The number of carbonyl (C=O) groups excluding carboxylic acids is 3. The van der Waals surface area contributed by atoms with E-state index in [0.717, 1.165) is 19.3 Å². The molecule has 1 unspecified atom stereocenters. The number of unbranched alkanes of at least 4 members (excludes halogenated alkanes) is 1. The molecule has 2 N–H and O–H groups in total. The normalized spacial score (nSPS) is 12.0. The standard InChI is InChI=1S/C20H30N2O5/c1-14(18(24)26-5)8-6-7-13-21-17(23)15-9-11-16(12-10-15)22-19(25)27-20(2,3)4/h9-12,14H,6-8,13H2,1-5H3,(H,21,23)(H,22,25). The number of nitrogens with one attached hydrogen (secondary N) is 2. The molecule has 1 aromatic rings. The van der Waals surface area contributed by atoms with Gasteiger partial charge in [0.05, 0.1) is 13.0 Å². The van der Waals surface area contributed by atoms with E-state index in [1.807, 2.05) is 6.92 Å². The first-order valence-corrected chi connectivity index (χ1v) is 9.08. The summed E-state index contributed by atoms with van der Waals surface area (Å²) < 4.78 is 9.86. The quantitative estimate of drug-likeness (QED) is 0.531. The number of amides is 2. The van der Waals surface area contributed by atoms with Gasteiger partial charge < -0.3 is 14.8 Å². The Labute approximate surface area is 160 Å². The molecule has 0 spiro atoms. The van der Waals surface area contributed by atoms with E-state index in [2.05, 4.69) is 15.4 Å². The highest BCUT2D eigenvalue weighted by molar-refractivity contribution is 5.95. The van der Waals surface area contributed by atoms with Crippen molar-refractivity contribution >= 4 is 23.7 Å². The van der Waals surface area contributed by atoms with Gasteiger partial charge in [-0.25, -0.2) is 4.79 Å². The number of esters is 1. The van der Waals surface area contributed by atoms with Gasteiger partial charge in [-0.3, -0.25) is 14.9 Å². The van der Waals surface area contributed by atoms with Crippen LogP contribution >= 0.6 is 0 Å². The average Bonchev–Trinajstić information content (AvgIpc) is 2.59. The minimum Gasteiger partial charge on any atom is -0.469 e. The van der Waals surface area contributed by atoms with Gasteiger partial charge in [0.1, 0.15) is 5.60 Å². The molecule has 0 aromatic heterocycles. The molecule has 1 atom stereocenters. The van der Waals surface area contributed by atoms with E-state index in [9.17, 15) is 14.4 Å². The van der Waals surface area contributed by atoms with Crippen molar-refractivity contribution in [1.29, 1.82) is 0 Å². The van der Waals surface area contributed by atoms with Crippen molar-refractivity contribution < 1.29 is 23.9 Å². The molecular weight excluding hydrogens is 348 g/mol. The van der Waals surface area contributed by atoms with Gasteiger partial charge in [0.2, 0.25) is 0 Å². The third kappa shape index (κ3) is 9.08. The maximum Gasteiger partial charge on any atom is 0.412 e. The summed E-state index contributed by atoms with van der Waals surface area (Å²) in [5.41, 5.74) is 0.490. The molecular formula is C20H30N2O5. The molecule has 2 amide bonds. The molecule has 27 heavy (non-hydrogen) atoms. The van der Waals surface area contributed by atoms with E-state index >= 15 is 0 Å². The van der Waals surface area contributed by atoms with E-state index < -0.39 is 11.7 Å². The second kappa shape index (κ2) is 10.5. The monoisotopic (exact) mass is 378 g/mol. The van der Waals surface area contributed by atoms with Crippen molar-refractivity contribution in [2.45, 2.75) is 52.6 Å². The Hall–Kier alpha value is -2.57. The largest absolute Gasteiger partial charge is 0.469 e. The van der Waals surface area contributed by atoms with Gasteiger partial charge in [-0.15, -0.1) is 0 Å². The summed E-state index contributed by atoms with van der Waals surface area (Å²) in [7, 11) is 1.38. The molecule has 1 rings (SSSR count). The summed E-state index contributed by atoms with van der Waals surface area (Å²) in [6, 6.07) is 6.58. The Balaban J connectivity index is 2.35. The lowest BCUT2D eigenvalue weighted by molar-refractivity contribution is -0.145. The van der Waals surface area contributed by atoms with Crippen molar-refractivity contribution in [1.82, 2.24) is 5.32 Å². The van der Waals surface area contributed by atoms with E-state index in [-0.39, 0.29) is 17.8 Å². The Kier molecular flexibility index (Phi) is 8.78. The lowest BCUT2D eigenvalue weighted by atomic mass is 10.0. The van der Waals surface area contributed by atoms with Gasteiger partial charge >= 0.3 is 12.1 Å². The Bertz CT molecular complexity index is 635. The molecule has 0 aliphatic carbocycles. The van der Waals surface area contributed by atoms with Crippen LogP contribution in [0.5, 0.6) is 0 Å². The number of hydrogen-bond donors (Lipinski definition) is 2. The van der Waals surface area contributed by atoms with Crippen LogP contribution in [0.1, 0.15) is 57.3 Å². The molecule has 0 radical (unpaired) electrons. The lowest BCUT2D eigenvalue weighted by Gasteiger charge is -2.19. The molecule has 7 heteroatoms. The molecule has 0 bridgehead atoms. The SMILES string of the molecule is COC(=O)C(C)CCCCNC(=O)c1ccc(NC(=O)OC(C)(C)C)cc1. The van der Waals surface area contributed by atoms with Crippen LogP contribution in [0.3, 0.4) is 0 Å². The smallest absolute Gasteiger partial charge is 0.412 e. The number of carbonyl (C=O) groups is 3. The van der Waals surface area contributed by atoms with Crippen LogP contribution in [0.4, 0.5) is 10.5 Å². The van der Waals surface area contributed by atoms with Crippen LogP contribution in [0, 0.1) is 5.92 Å². The zero-order chi connectivity index (χ0) is 20.4. The van der Waals surface area contributed by atoms with Gasteiger partial charge in [0.15, 0.2) is 0 Å². The average molecular weight is 378 g/mol. The predicted molar refractivity (Wildman–Crippen MR) is 104 cm³/mol. The summed E-state index contributed by atoms with van der Waals surface area (Å²) in [6.07, 6.45) is 1.80. The number of ether oxygens (including phenoxy) is 2. The highest BCUT2D eigenvalue weighted by Crippen LogP contribution is 2.13. The number of anilines is 1. The van der Waals surface area contributed by atoms with E-state index in [4.69, 9.17) is 4.74 Å². The van der Waals surface area contributed by atoms with Crippen LogP contribution < -0.4 is 10.6 Å². The molecule has 7 nitrogen and oxygen atoms in total. The zero-order valence-electron chi connectivity index (χ0n) is 16.8. The molecule has 0 heterocycles. The third-order valence-electron chi connectivity index (χ3n) is 3.75. The van der Waals surface area contributed by atoms with Gasteiger partial charge in [0, 0.05) is 17.8 Å².